The highest BCUT2D eigenvalue weighted by atomic mass is 32.1. The van der Waals surface area contributed by atoms with Gasteiger partial charge >= 0.3 is 6.03 Å². The summed E-state index contributed by atoms with van der Waals surface area (Å²) in [5.74, 6) is 1.35. The van der Waals surface area contributed by atoms with Gasteiger partial charge in [0.2, 0.25) is 0 Å². The first-order valence-corrected chi connectivity index (χ1v) is 7.33. The summed E-state index contributed by atoms with van der Waals surface area (Å²) < 4.78 is 2.37. The van der Waals surface area contributed by atoms with Crippen molar-refractivity contribution in [3.05, 3.63) is 22.4 Å². The van der Waals surface area contributed by atoms with E-state index in [2.05, 4.69) is 29.8 Å². The minimum atomic E-state index is -0.209. The van der Waals surface area contributed by atoms with E-state index >= 15 is 0 Å². The van der Waals surface area contributed by atoms with Crippen LogP contribution in [-0.2, 0) is 0 Å². The summed E-state index contributed by atoms with van der Waals surface area (Å²) in [6, 6.07) is -0.209. The predicted octanol–water partition coefficient (Wildman–Crippen LogP) is 3.31. The second-order valence-corrected chi connectivity index (χ2v) is 5.83. The lowest BCUT2D eigenvalue weighted by molar-refractivity contribution is 0.248. The number of carbonyl (C=O) groups excluding carboxylic acids is 1. The van der Waals surface area contributed by atoms with Crippen molar-refractivity contribution in [1.82, 2.24) is 10.0 Å². The molecule has 0 aliphatic heterocycles. The quantitative estimate of drug-likeness (QED) is 0.625. The number of thiol groups is 1. The van der Waals surface area contributed by atoms with Gasteiger partial charge in [-0.25, -0.2) is 4.79 Å². The van der Waals surface area contributed by atoms with Crippen LogP contribution in [0, 0.1) is 11.8 Å². The lowest BCUT2D eigenvalue weighted by Crippen LogP contribution is -2.33. The van der Waals surface area contributed by atoms with Crippen LogP contribution in [0.1, 0.15) is 45.4 Å². The fourth-order valence-electron chi connectivity index (χ4n) is 4.02. The standard InChI is InChI=1S/C14H20N2OS/c1-8-9-4-2-6-11(9)13(15-14(17)16-18)12-7-3-5-10(8)12/h8-9,18H,2-7H2,1H3,(H2,15,16,17). The van der Waals surface area contributed by atoms with Crippen LogP contribution in [0.5, 0.6) is 0 Å². The highest BCUT2D eigenvalue weighted by molar-refractivity contribution is 7.78. The number of rotatable bonds is 1. The van der Waals surface area contributed by atoms with E-state index in [1.165, 1.54) is 36.8 Å². The number of amides is 2. The van der Waals surface area contributed by atoms with Crippen molar-refractivity contribution in [3.8, 4) is 0 Å². The Hall–Kier alpha value is -0.900. The fraction of sp³-hybridized carbons (Fsp3) is 0.643. The van der Waals surface area contributed by atoms with Crippen molar-refractivity contribution in [2.75, 3.05) is 0 Å². The minimum absolute atomic E-state index is 0.209. The molecule has 0 aromatic carbocycles. The zero-order valence-corrected chi connectivity index (χ0v) is 11.6. The largest absolute Gasteiger partial charge is 0.329 e. The summed E-state index contributed by atoms with van der Waals surface area (Å²) in [4.78, 5) is 11.6. The van der Waals surface area contributed by atoms with E-state index in [4.69, 9.17) is 0 Å². The molecule has 2 amide bonds. The van der Waals surface area contributed by atoms with Crippen molar-refractivity contribution < 1.29 is 4.79 Å². The summed E-state index contributed by atoms with van der Waals surface area (Å²) in [7, 11) is 0. The van der Waals surface area contributed by atoms with E-state index in [0.717, 1.165) is 18.5 Å². The lowest BCUT2D eigenvalue weighted by atomic mass is 9.76. The molecule has 0 radical (unpaired) electrons. The Morgan fingerprint density at radius 3 is 2.78 bits per heavy atom. The van der Waals surface area contributed by atoms with E-state index < -0.39 is 0 Å². The Morgan fingerprint density at radius 1 is 1.22 bits per heavy atom. The molecule has 2 unspecified atom stereocenters. The molecular weight excluding hydrogens is 244 g/mol. The summed E-state index contributed by atoms with van der Waals surface area (Å²) in [5, 5.41) is 3.03. The van der Waals surface area contributed by atoms with Crippen LogP contribution in [0.4, 0.5) is 4.79 Å². The van der Waals surface area contributed by atoms with Gasteiger partial charge in [0.1, 0.15) is 0 Å². The van der Waals surface area contributed by atoms with Gasteiger partial charge in [-0.05, 0) is 61.5 Å². The molecular formula is C14H20N2OS. The summed E-state index contributed by atoms with van der Waals surface area (Å²) >= 11 is 3.83. The monoisotopic (exact) mass is 264 g/mol. The van der Waals surface area contributed by atoms with Gasteiger partial charge in [0, 0.05) is 5.70 Å². The molecule has 2 atom stereocenters. The second kappa shape index (κ2) is 4.65. The molecule has 18 heavy (non-hydrogen) atoms. The van der Waals surface area contributed by atoms with E-state index in [0.29, 0.717) is 11.8 Å². The number of carbonyl (C=O) groups is 1. The van der Waals surface area contributed by atoms with Gasteiger partial charge in [0.25, 0.3) is 0 Å². The third kappa shape index (κ3) is 1.78. The van der Waals surface area contributed by atoms with Gasteiger partial charge in [0.15, 0.2) is 0 Å². The molecule has 3 aliphatic carbocycles. The van der Waals surface area contributed by atoms with Crippen LogP contribution in [0.2, 0.25) is 0 Å². The maximum absolute atomic E-state index is 11.6. The number of urea groups is 1. The SMILES string of the molecule is CC1C2=C(CCC2)C(NC(=O)NS)=C2CCCC21. The average molecular weight is 264 g/mol. The molecule has 3 nitrogen and oxygen atoms in total. The first-order valence-electron chi connectivity index (χ1n) is 6.88. The molecule has 0 bridgehead atoms. The third-order valence-corrected chi connectivity index (χ3v) is 4.99. The molecule has 1 fully saturated rings. The van der Waals surface area contributed by atoms with Crippen molar-refractivity contribution in [1.29, 1.82) is 0 Å². The first kappa shape index (κ1) is 12.2. The van der Waals surface area contributed by atoms with Crippen LogP contribution in [0.15, 0.2) is 22.4 Å². The Labute approximate surface area is 114 Å². The molecule has 4 heteroatoms. The molecule has 98 valence electrons. The molecule has 3 rings (SSSR count). The normalized spacial score (nSPS) is 30.3. The maximum atomic E-state index is 11.6. The van der Waals surface area contributed by atoms with Gasteiger partial charge in [0.05, 0.1) is 0 Å². The van der Waals surface area contributed by atoms with Crippen LogP contribution in [0.3, 0.4) is 0 Å². The van der Waals surface area contributed by atoms with Gasteiger partial charge in [-0.1, -0.05) is 25.3 Å². The zero-order chi connectivity index (χ0) is 12.7. The minimum Gasteiger partial charge on any atom is -0.307 e. The smallest absolute Gasteiger partial charge is 0.307 e. The molecule has 3 aliphatic rings. The molecule has 0 saturated heterocycles. The Bertz CT molecular complexity index is 453. The number of nitrogens with one attached hydrogen (secondary N) is 2. The van der Waals surface area contributed by atoms with Crippen LogP contribution < -0.4 is 10.0 Å². The highest BCUT2D eigenvalue weighted by Crippen LogP contribution is 2.50. The number of fused-ring (bicyclic) bond motifs is 1. The third-order valence-electron chi connectivity index (χ3n) is 4.79. The topological polar surface area (TPSA) is 41.1 Å². The summed E-state index contributed by atoms with van der Waals surface area (Å²) in [6.45, 7) is 2.37. The molecule has 2 N–H and O–H groups in total. The lowest BCUT2D eigenvalue weighted by Gasteiger charge is -2.31. The second-order valence-electron chi connectivity index (χ2n) is 5.61. The van der Waals surface area contributed by atoms with E-state index in [-0.39, 0.29) is 6.03 Å². The summed E-state index contributed by atoms with van der Waals surface area (Å²) in [6.07, 6.45) is 7.27. The van der Waals surface area contributed by atoms with Crippen LogP contribution in [0.25, 0.3) is 0 Å². The van der Waals surface area contributed by atoms with Crippen molar-refractivity contribution >= 4 is 18.8 Å². The Morgan fingerprint density at radius 2 is 2.00 bits per heavy atom. The van der Waals surface area contributed by atoms with Crippen molar-refractivity contribution in [3.63, 3.8) is 0 Å². The number of hydrogen-bond acceptors (Lipinski definition) is 2. The van der Waals surface area contributed by atoms with Gasteiger partial charge in [-0.2, -0.15) is 0 Å². The average Bonchev–Trinajstić information content (AvgIpc) is 3.02. The molecule has 0 heterocycles. The van der Waals surface area contributed by atoms with E-state index in [1.807, 2.05) is 0 Å². The van der Waals surface area contributed by atoms with Crippen molar-refractivity contribution in [2.24, 2.45) is 11.8 Å². The highest BCUT2D eigenvalue weighted by Gasteiger charge is 2.38. The predicted molar refractivity (Wildman–Crippen MR) is 75.1 cm³/mol. The van der Waals surface area contributed by atoms with Crippen LogP contribution in [-0.4, -0.2) is 6.03 Å². The fourth-order valence-corrected chi connectivity index (χ4v) is 4.08. The van der Waals surface area contributed by atoms with Gasteiger partial charge in [-0.3, -0.25) is 4.72 Å². The van der Waals surface area contributed by atoms with Gasteiger partial charge in [-0.15, -0.1) is 0 Å². The number of allylic oxidation sites excluding steroid dienone is 3. The molecule has 0 aromatic rings. The molecule has 1 saturated carbocycles. The molecule has 0 spiro atoms. The van der Waals surface area contributed by atoms with E-state index in [9.17, 15) is 4.79 Å². The Balaban J connectivity index is 2.00. The zero-order valence-electron chi connectivity index (χ0n) is 10.8. The molecule has 0 aromatic heterocycles. The van der Waals surface area contributed by atoms with Gasteiger partial charge < -0.3 is 5.32 Å². The summed E-state index contributed by atoms with van der Waals surface area (Å²) in [5.41, 5.74) is 5.64. The Kier molecular flexibility index (Phi) is 3.14. The maximum Gasteiger partial charge on any atom is 0.329 e. The first-order chi connectivity index (χ1) is 8.72. The number of hydrogen-bond donors (Lipinski definition) is 3. The van der Waals surface area contributed by atoms with Crippen molar-refractivity contribution in [2.45, 2.75) is 45.4 Å². The van der Waals surface area contributed by atoms with Crippen LogP contribution >= 0.6 is 12.8 Å². The van der Waals surface area contributed by atoms with E-state index in [1.54, 1.807) is 5.57 Å².